The molecule has 0 aliphatic rings. The summed E-state index contributed by atoms with van der Waals surface area (Å²) in [5.74, 6) is -0.982. The molecular formula is C41H40N4O6. The lowest BCUT2D eigenvalue weighted by Gasteiger charge is -2.20. The zero-order chi connectivity index (χ0) is 36.5. The lowest BCUT2D eigenvalue weighted by molar-refractivity contribution is -0.123. The Morgan fingerprint density at radius 3 is 1.04 bits per heavy atom. The Labute approximate surface area is 295 Å². The summed E-state index contributed by atoms with van der Waals surface area (Å²) >= 11 is 0. The van der Waals surface area contributed by atoms with E-state index in [1.165, 1.54) is 0 Å². The van der Waals surface area contributed by atoms with Crippen molar-refractivity contribution in [1.82, 2.24) is 0 Å². The number of hydrogen-bond donors (Lipinski definition) is 4. The van der Waals surface area contributed by atoms with E-state index in [-0.39, 0.29) is 0 Å². The molecule has 0 saturated heterocycles. The standard InChI is InChI=1S/C41H40N4O6/c1-40(2,3)50-38(48)44-34-17-9-13-26-19-24-11-7-15-32(28(24)21-30(26)34)42-36(46)23-37(47)43-33-16-8-12-25-20-27-14-10-18-35(31(27)22-29(25)33)45-39(49)51-41(4,5)6/h7-22H,23H2,1-6H3,(H,42,46)(H,43,47)(H,44,48)(H,45,49). The van der Waals surface area contributed by atoms with Crippen LogP contribution < -0.4 is 21.3 Å². The van der Waals surface area contributed by atoms with Gasteiger partial charge >= 0.3 is 12.2 Å². The van der Waals surface area contributed by atoms with Gasteiger partial charge in [0.2, 0.25) is 11.8 Å². The molecule has 6 rings (SSSR count). The van der Waals surface area contributed by atoms with Crippen LogP contribution >= 0.6 is 0 Å². The highest BCUT2D eigenvalue weighted by Gasteiger charge is 2.19. The normalized spacial score (nSPS) is 11.7. The second-order valence-electron chi connectivity index (χ2n) is 14.3. The first kappa shape index (κ1) is 34.7. The van der Waals surface area contributed by atoms with Crippen molar-refractivity contribution in [2.45, 2.75) is 59.2 Å². The number of carbonyl (C=O) groups excluding carboxylic acids is 4. The smallest absolute Gasteiger partial charge is 0.412 e. The molecule has 0 aliphatic heterocycles. The predicted octanol–water partition coefficient (Wildman–Crippen LogP) is 9.96. The van der Waals surface area contributed by atoms with Crippen molar-refractivity contribution in [2.75, 3.05) is 21.3 Å². The number of carbonyl (C=O) groups is 4. The summed E-state index contributed by atoms with van der Waals surface area (Å²) in [6, 6.07) is 30.0. The molecule has 0 atom stereocenters. The van der Waals surface area contributed by atoms with Crippen LogP contribution in [0.5, 0.6) is 0 Å². The monoisotopic (exact) mass is 684 g/mol. The molecule has 0 bridgehead atoms. The molecule has 0 aromatic heterocycles. The third-order valence-corrected chi connectivity index (χ3v) is 7.90. The van der Waals surface area contributed by atoms with Gasteiger partial charge in [0.1, 0.15) is 17.6 Å². The van der Waals surface area contributed by atoms with Crippen LogP contribution in [0.4, 0.5) is 32.3 Å². The van der Waals surface area contributed by atoms with E-state index in [0.717, 1.165) is 43.1 Å². The Morgan fingerprint density at radius 1 is 0.451 bits per heavy atom. The van der Waals surface area contributed by atoms with Crippen LogP contribution in [0.2, 0.25) is 0 Å². The van der Waals surface area contributed by atoms with Crippen LogP contribution in [0.1, 0.15) is 48.0 Å². The molecule has 0 saturated carbocycles. The maximum absolute atomic E-state index is 13.3. The van der Waals surface area contributed by atoms with E-state index in [1.807, 2.05) is 72.8 Å². The third kappa shape index (κ3) is 8.36. The zero-order valence-corrected chi connectivity index (χ0v) is 29.4. The van der Waals surface area contributed by atoms with E-state index in [4.69, 9.17) is 9.47 Å². The number of nitrogens with one attached hydrogen (secondary N) is 4. The molecular weight excluding hydrogens is 644 g/mol. The van der Waals surface area contributed by atoms with Crippen molar-refractivity contribution in [3.05, 3.63) is 97.1 Å². The minimum absolute atomic E-state index is 0.426. The van der Waals surface area contributed by atoms with Gasteiger partial charge in [-0.3, -0.25) is 20.2 Å². The van der Waals surface area contributed by atoms with E-state index < -0.39 is 41.6 Å². The SMILES string of the molecule is CC(C)(C)OC(=O)Nc1cccc2cc3cccc(NC(=O)CC(=O)Nc4cccc5cc6cccc(NC(=O)OC(C)(C)C)c6cc45)c3cc12. The van der Waals surface area contributed by atoms with Crippen LogP contribution in [-0.2, 0) is 19.1 Å². The van der Waals surface area contributed by atoms with E-state index in [0.29, 0.717) is 22.7 Å². The predicted molar refractivity (Wildman–Crippen MR) is 204 cm³/mol. The van der Waals surface area contributed by atoms with Crippen molar-refractivity contribution in [2.24, 2.45) is 0 Å². The molecule has 51 heavy (non-hydrogen) atoms. The van der Waals surface area contributed by atoms with E-state index in [9.17, 15) is 19.2 Å². The van der Waals surface area contributed by atoms with Gasteiger partial charge in [0.25, 0.3) is 0 Å². The average molecular weight is 685 g/mol. The third-order valence-electron chi connectivity index (χ3n) is 7.90. The van der Waals surface area contributed by atoms with Gasteiger partial charge in [0.15, 0.2) is 0 Å². The fraction of sp³-hybridized carbons (Fsp3) is 0.220. The molecule has 10 nitrogen and oxygen atoms in total. The number of fused-ring (bicyclic) bond motifs is 4. The molecule has 6 aromatic carbocycles. The largest absolute Gasteiger partial charge is 0.444 e. The van der Waals surface area contributed by atoms with Crippen LogP contribution in [0.3, 0.4) is 0 Å². The summed E-state index contributed by atoms with van der Waals surface area (Å²) in [5, 5.41) is 18.0. The first-order chi connectivity index (χ1) is 24.1. The minimum atomic E-state index is -0.655. The molecule has 4 N–H and O–H groups in total. The summed E-state index contributed by atoms with van der Waals surface area (Å²) in [6.07, 6.45) is -1.56. The number of hydrogen-bond acceptors (Lipinski definition) is 6. The maximum Gasteiger partial charge on any atom is 0.412 e. The van der Waals surface area contributed by atoms with Crippen molar-refractivity contribution >= 4 is 89.8 Å². The summed E-state index contributed by atoms with van der Waals surface area (Å²) < 4.78 is 10.9. The van der Waals surface area contributed by atoms with E-state index in [1.54, 1.807) is 65.8 Å². The van der Waals surface area contributed by atoms with Gasteiger partial charge in [-0.05, 0) is 112 Å². The van der Waals surface area contributed by atoms with E-state index in [2.05, 4.69) is 21.3 Å². The fourth-order valence-corrected chi connectivity index (χ4v) is 5.90. The molecule has 0 aliphatic carbocycles. The topological polar surface area (TPSA) is 135 Å². The van der Waals surface area contributed by atoms with Gasteiger partial charge in [-0.25, -0.2) is 9.59 Å². The van der Waals surface area contributed by atoms with Gasteiger partial charge in [-0.1, -0.05) is 48.5 Å². The lowest BCUT2D eigenvalue weighted by Crippen LogP contribution is -2.27. The summed E-state index contributed by atoms with van der Waals surface area (Å²) in [4.78, 5) is 51.6. The quantitative estimate of drug-likeness (QED) is 0.102. The summed E-state index contributed by atoms with van der Waals surface area (Å²) in [7, 11) is 0. The molecule has 0 unspecified atom stereocenters. The number of anilines is 4. The number of amides is 4. The Kier molecular flexibility index (Phi) is 9.27. The first-order valence-corrected chi connectivity index (χ1v) is 16.6. The highest BCUT2D eigenvalue weighted by Crippen LogP contribution is 2.34. The molecule has 10 heteroatoms. The number of ether oxygens (including phenoxy) is 2. The molecule has 0 spiro atoms. The van der Waals surface area contributed by atoms with Crippen LogP contribution in [0.15, 0.2) is 97.1 Å². The first-order valence-electron chi connectivity index (χ1n) is 16.6. The fourth-order valence-electron chi connectivity index (χ4n) is 5.90. The van der Waals surface area contributed by atoms with Crippen LogP contribution in [0.25, 0.3) is 43.1 Å². The van der Waals surface area contributed by atoms with Crippen molar-refractivity contribution in [3.8, 4) is 0 Å². The maximum atomic E-state index is 13.3. The molecule has 0 heterocycles. The Hall–Kier alpha value is -6.16. The second-order valence-corrected chi connectivity index (χ2v) is 14.3. The van der Waals surface area contributed by atoms with Gasteiger partial charge in [0, 0.05) is 32.9 Å². The highest BCUT2D eigenvalue weighted by molar-refractivity contribution is 6.16. The Morgan fingerprint density at radius 2 is 0.745 bits per heavy atom. The minimum Gasteiger partial charge on any atom is -0.444 e. The lowest BCUT2D eigenvalue weighted by atomic mass is 10.0. The molecule has 6 aromatic rings. The van der Waals surface area contributed by atoms with Crippen LogP contribution in [0, 0.1) is 0 Å². The molecule has 4 amide bonds. The van der Waals surface area contributed by atoms with Crippen LogP contribution in [-0.4, -0.2) is 35.2 Å². The van der Waals surface area contributed by atoms with E-state index >= 15 is 0 Å². The zero-order valence-electron chi connectivity index (χ0n) is 29.4. The number of benzene rings is 6. The van der Waals surface area contributed by atoms with Gasteiger partial charge in [-0.2, -0.15) is 0 Å². The Bertz CT molecular complexity index is 2190. The van der Waals surface area contributed by atoms with Gasteiger partial charge in [-0.15, -0.1) is 0 Å². The highest BCUT2D eigenvalue weighted by atomic mass is 16.6. The van der Waals surface area contributed by atoms with Crippen molar-refractivity contribution < 1.29 is 28.7 Å². The van der Waals surface area contributed by atoms with Gasteiger partial charge < -0.3 is 20.1 Å². The van der Waals surface area contributed by atoms with Crippen molar-refractivity contribution in [1.29, 1.82) is 0 Å². The second kappa shape index (κ2) is 13.6. The average Bonchev–Trinajstić information content (AvgIpc) is 3.02. The molecule has 260 valence electrons. The van der Waals surface area contributed by atoms with Gasteiger partial charge in [0.05, 0.1) is 11.4 Å². The summed E-state index contributed by atoms with van der Waals surface area (Å²) in [6.45, 7) is 10.8. The molecule has 0 radical (unpaired) electrons. The summed E-state index contributed by atoms with van der Waals surface area (Å²) in [5.41, 5.74) is 0.885. The molecule has 0 fully saturated rings. The van der Waals surface area contributed by atoms with Crippen molar-refractivity contribution in [3.63, 3.8) is 0 Å². The Balaban J connectivity index is 1.21. The number of rotatable bonds is 6.